The first-order valence-electron chi connectivity index (χ1n) is 13.9. The molecule has 5 aromatic rings. The Morgan fingerprint density at radius 2 is 2.00 bits per heavy atom. The Morgan fingerprint density at radius 1 is 1.05 bits per heavy atom. The standard InChI is InChI=1S/C31H33N7O2/c1-2-3-13-32-23-7-4-6-21(17-23)30-35-28-12-10-25(40-16-15-38-14-5-8-29(38)39)19-26(28)31(36-30)34-24-9-11-27-22(18-24)20-33-37-27/h4,6-7,9-12,17-20,32H,2-3,5,8,13-16H2,1H3,(H,33,37)(H,34,35,36). The molecule has 3 aromatic carbocycles. The topological polar surface area (TPSA) is 108 Å². The highest BCUT2D eigenvalue weighted by molar-refractivity contribution is 5.94. The van der Waals surface area contributed by atoms with Gasteiger partial charge in [0.05, 0.1) is 23.8 Å². The van der Waals surface area contributed by atoms with Crippen LogP contribution in [-0.4, -0.2) is 57.2 Å². The normalized spacial score (nSPS) is 13.3. The Hall–Kier alpha value is -4.66. The third kappa shape index (κ3) is 5.68. The molecule has 0 aliphatic carbocycles. The molecular weight excluding hydrogens is 502 g/mol. The Kier molecular flexibility index (Phi) is 7.43. The second kappa shape index (κ2) is 11.6. The number of carbonyl (C=O) groups excluding carboxylic acids is 1. The summed E-state index contributed by atoms with van der Waals surface area (Å²) in [6.07, 6.45) is 5.61. The number of ether oxygens (including phenoxy) is 1. The number of aromatic nitrogens is 4. The number of aromatic amines is 1. The lowest BCUT2D eigenvalue weighted by molar-refractivity contribution is -0.128. The molecule has 3 N–H and O–H groups in total. The fourth-order valence-electron chi connectivity index (χ4n) is 4.97. The zero-order valence-electron chi connectivity index (χ0n) is 22.6. The quantitative estimate of drug-likeness (QED) is 0.175. The molecule has 1 amide bonds. The first-order chi connectivity index (χ1) is 19.7. The highest BCUT2D eigenvalue weighted by Crippen LogP contribution is 2.31. The lowest BCUT2D eigenvalue weighted by Crippen LogP contribution is -2.29. The van der Waals surface area contributed by atoms with Gasteiger partial charge in [0.2, 0.25) is 5.91 Å². The van der Waals surface area contributed by atoms with Crippen molar-refractivity contribution in [3.63, 3.8) is 0 Å². The van der Waals surface area contributed by atoms with Gasteiger partial charge in [-0.05, 0) is 61.4 Å². The molecule has 0 atom stereocenters. The number of hydrogen-bond donors (Lipinski definition) is 3. The molecular formula is C31H33N7O2. The summed E-state index contributed by atoms with van der Waals surface area (Å²) in [7, 11) is 0. The van der Waals surface area contributed by atoms with Crippen molar-refractivity contribution in [1.29, 1.82) is 0 Å². The molecule has 1 aliphatic heterocycles. The van der Waals surface area contributed by atoms with Gasteiger partial charge < -0.3 is 20.3 Å². The van der Waals surface area contributed by atoms with Gasteiger partial charge in [-0.2, -0.15) is 5.10 Å². The summed E-state index contributed by atoms with van der Waals surface area (Å²) < 4.78 is 6.06. The van der Waals surface area contributed by atoms with Crippen LogP contribution in [0.2, 0.25) is 0 Å². The largest absolute Gasteiger partial charge is 0.492 e. The Bertz CT molecular complexity index is 1650. The Morgan fingerprint density at radius 3 is 2.88 bits per heavy atom. The number of nitrogens with zero attached hydrogens (tertiary/aromatic N) is 4. The maximum Gasteiger partial charge on any atom is 0.222 e. The first-order valence-corrected chi connectivity index (χ1v) is 13.9. The molecule has 1 aliphatic rings. The van der Waals surface area contributed by atoms with E-state index >= 15 is 0 Å². The molecule has 0 bridgehead atoms. The molecule has 3 heterocycles. The number of rotatable bonds is 11. The fraction of sp³-hybridized carbons (Fsp3) is 0.290. The molecule has 0 unspecified atom stereocenters. The summed E-state index contributed by atoms with van der Waals surface area (Å²) in [6.45, 7) is 4.95. The number of H-pyrrole nitrogens is 1. The van der Waals surface area contributed by atoms with Gasteiger partial charge in [-0.25, -0.2) is 9.97 Å². The van der Waals surface area contributed by atoms with Gasteiger partial charge >= 0.3 is 0 Å². The van der Waals surface area contributed by atoms with Crippen LogP contribution in [-0.2, 0) is 4.79 Å². The van der Waals surface area contributed by atoms with Crippen LogP contribution in [0.25, 0.3) is 33.2 Å². The molecule has 0 spiro atoms. The second-order valence-electron chi connectivity index (χ2n) is 10.1. The average Bonchev–Trinajstić information content (AvgIpc) is 3.62. The third-order valence-electron chi connectivity index (χ3n) is 7.15. The zero-order valence-corrected chi connectivity index (χ0v) is 22.6. The summed E-state index contributed by atoms with van der Waals surface area (Å²) >= 11 is 0. The molecule has 0 saturated carbocycles. The van der Waals surface area contributed by atoms with E-state index in [9.17, 15) is 4.79 Å². The second-order valence-corrected chi connectivity index (χ2v) is 10.1. The number of unbranched alkanes of at least 4 members (excludes halogenated alkanes) is 1. The minimum absolute atomic E-state index is 0.203. The van der Waals surface area contributed by atoms with Gasteiger partial charge in [0.25, 0.3) is 0 Å². The van der Waals surface area contributed by atoms with E-state index < -0.39 is 0 Å². The van der Waals surface area contributed by atoms with E-state index in [1.54, 1.807) is 6.20 Å². The van der Waals surface area contributed by atoms with E-state index in [0.717, 1.165) is 71.1 Å². The number of likely N-dealkylation sites (tertiary alicyclic amines) is 1. The van der Waals surface area contributed by atoms with Crippen LogP contribution in [0.1, 0.15) is 32.6 Å². The van der Waals surface area contributed by atoms with Crippen molar-refractivity contribution in [2.24, 2.45) is 0 Å². The third-order valence-corrected chi connectivity index (χ3v) is 7.15. The molecule has 6 rings (SSSR count). The van der Waals surface area contributed by atoms with E-state index in [0.29, 0.717) is 37.0 Å². The van der Waals surface area contributed by atoms with Crippen molar-refractivity contribution < 1.29 is 9.53 Å². The van der Waals surface area contributed by atoms with Crippen molar-refractivity contribution in [3.05, 3.63) is 66.9 Å². The number of amides is 1. The maximum absolute atomic E-state index is 11.9. The molecule has 9 heteroatoms. The summed E-state index contributed by atoms with van der Waals surface area (Å²) in [4.78, 5) is 23.7. The van der Waals surface area contributed by atoms with Gasteiger partial charge in [-0.3, -0.25) is 9.89 Å². The SMILES string of the molecule is CCCCNc1cccc(-c2nc(Nc3ccc4[nH]ncc4c3)c3cc(OCCN4CCCC4=O)ccc3n2)c1. The summed E-state index contributed by atoms with van der Waals surface area (Å²) in [5.74, 6) is 2.24. The molecule has 0 radical (unpaired) electrons. The lowest BCUT2D eigenvalue weighted by atomic mass is 10.1. The number of fused-ring (bicyclic) bond motifs is 2. The van der Waals surface area contributed by atoms with Crippen molar-refractivity contribution in [3.8, 4) is 17.1 Å². The van der Waals surface area contributed by atoms with Crippen molar-refractivity contribution in [1.82, 2.24) is 25.1 Å². The first kappa shape index (κ1) is 25.6. The highest BCUT2D eigenvalue weighted by atomic mass is 16.5. The Labute approximate surface area is 233 Å². The summed E-state index contributed by atoms with van der Waals surface area (Å²) in [6, 6.07) is 20.1. The van der Waals surface area contributed by atoms with Crippen molar-refractivity contribution >= 4 is 44.9 Å². The van der Waals surface area contributed by atoms with Crippen LogP contribution in [0.3, 0.4) is 0 Å². The van der Waals surface area contributed by atoms with Gasteiger partial charge in [0.15, 0.2) is 5.82 Å². The van der Waals surface area contributed by atoms with Crippen LogP contribution >= 0.6 is 0 Å². The van der Waals surface area contributed by atoms with E-state index in [1.807, 2.05) is 53.4 Å². The molecule has 1 saturated heterocycles. The van der Waals surface area contributed by atoms with Gasteiger partial charge in [-0.1, -0.05) is 25.5 Å². The molecule has 9 nitrogen and oxygen atoms in total. The zero-order chi connectivity index (χ0) is 27.3. The number of carbonyl (C=O) groups is 1. The molecule has 1 fully saturated rings. The van der Waals surface area contributed by atoms with E-state index in [4.69, 9.17) is 14.7 Å². The van der Waals surface area contributed by atoms with Crippen molar-refractivity contribution in [2.75, 3.05) is 36.9 Å². The van der Waals surface area contributed by atoms with Gasteiger partial charge in [0, 0.05) is 47.2 Å². The number of benzene rings is 3. The summed E-state index contributed by atoms with van der Waals surface area (Å²) in [5.41, 5.74) is 4.66. The minimum Gasteiger partial charge on any atom is -0.492 e. The lowest BCUT2D eigenvalue weighted by Gasteiger charge is -2.16. The smallest absolute Gasteiger partial charge is 0.222 e. The number of hydrogen-bond acceptors (Lipinski definition) is 7. The maximum atomic E-state index is 11.9. The van der Waals surface area contributed by atoms with Crippen LogP contribution < -0.4 is 15.4 Å². The Balaban J connectivity index is 1.32. The molecule has 40 heavy (non-hydrogen) atoms. The minimum atomic E-state index is 0.203. The van der Waals surface area contributed by atoms with E-state index in [1.165, 1.54) is 0 Å². The average molecular weight is 536 g/mol. The van der Waals surface area contributed by atoms with Crippen molar-refractivity contribution in [2.45, 2.75) is 32.6 Å². The van der Waals surface area contributed by atoms with Crippen LogP contribution in [0.4, 0.5) is 17.2 Å². The van der Waals surface area contributed by atoms with E-state index in [2.05, 4.69) is 39.9 Å². The highest BCUT2D eigenvalue weighted by Gasteiger charge is 2.19. The number of nitrogens with one attached hydrogen (secondary N) is 3. The van der Waals surface area contributed by atoms with Crippen LogP contribution in [0.5, 0.6) is 5.75 Å². The predicted molar refractivity (Wildman–Crippen MR) is 159 cm³/mol. The van der Waals surface area contributed by atoms with Crippen LogP contribution in [0, 0.1) is 0 Å². The van der Waals surface area contributed by atoms with Gasteiger partial charge in [-0.15, -0.1) is 0 Å². The van der Waals surface area contributed by atoms with Crippen LogP contribution in [0.15, 0.2) is 66.9 Å². The molecule has 2 aromatic heterocycles. The predicted octanol–water partition coefficient (Wildman–Crippen LogP) is 6.13. The molecule has 204 valence electrons. The van der Waals surface area contributed by atoms with Gasteiger partial charge in [0.1, 0.15) is 18.2 Å². The number of anilines is 3. The monoisotopic (exact) mass is 535 g/mol. The summed E-state index contributed by atoms with van der Waals surface area (Å²) in [5, 5.41) is 16.0. The fourth-order valence-corrected chi connectivity index (χ4v) is 4.97. The van der Waals surface area contributed by atoms with E-state index in [-0.39, 0.29) is 5.91 Å².